The van der Waals surface area contributed by atoms with Crippen molar-refractivity contribution in [1.82, 2.24) is 5.32 Å². The lowest BCUT2D eigenvalue weighted by Crippen LogP contribution is -2.32. The molecule has 2 nitrogen and oxygen atoms in total. The zero-order valence-electron chi connectivity index (χ0n) is 11.8. The van der Waals surface area contributed by atoms with Crippen LogP contribution in [0.25, 0.3) is 0 Å². The van der Waals surface area contributed by atoms with Gasteiger partial charge in [-0.3, -0.25) is 0 Å². The fourth-order valence-corrected chi connectivity index (χ4v) is 3.43. The molecule has 2 fully saturated rings. The molecule has 0 radical (unpaired) electrons. The highest BCUT2D eigenvalue weighted by Gasteiger charge is 2.34. The Morgan fingerprint density at radius 1 is 1.21 bits per heavy atom. The predicted molar refractivity (Wildman–Crippen MR) is 78.0 cm³/mol. The summed E-state index contributed by atoms with van der Waals surface area (Å²) in [6, 6.07) is 9.22. The first kappa shape index (κ1) is 13.1. The summed E-state index contributed by atoms with van der Waals surface area (Å²) in [7, 11) is 0. The minimum Gasteiger partial charge on any atom is -0.393 e. The topological polar surface area (TPSA) is 32.3 Å². The second-order valence-electron chi connectivity index (χ2n) is 6.34. The molecule has 104 valence electrons. The minimum absolute atomic E-state index is 0.0794. The van der Waals surface area contributed by atoms with E-state index in [-0.39, 0.29) is 6.10 Å². The average Bonchev–Trinajstić information content (AvgIpc) is 3.16. The molecule has 0 aliphatic heterocycles. The molecule has 0 saturated heterocycles. The summed E-state index contributed by atoms with van der Waals surface area (Å²) in [5.74, 6) is 1.27. The summed E-state index contributed by atoms with van der Waals surface area (Å²) in [6.07, 6.45) is 5.97. The molecule has 0 bridgehead atoms. The third kappa shape index (κ3) is 3.01. The number of rotatable bonds is 5. The molecule has 2 N–H and O–H groups in total. The first-order valence-electron chi connectivity index (χ1n) is 7.72. The lowest BCUT2D eigenvalue weighted by molar-refractivity contribution is 0.129. The molecule has 2 aliphatic rings. The highest BCUT2D eigenvalue weighted by atomic mass is 16.3. The Labute approximate surface area is 116 Å². The normalized spacial score (nSPS) is 28.5. The SMILES string of the molecule is Cc1ccccc1C(NCC1CCCC1O)C1CC1. The van der Waals surface area contributed by atoms with Crippen LogP contribution in [0.4, 0.5) is 0 Å². The van der Waals surface area contributed by atoms with E-state index in [0.717, 1.165) is 18.9 Å². The Morgan fingerprint density at radius 3 is 2.63 bits per heavy atom. The number of aryl methyl sites for hydroxylation is 1. The standard InChI is InChI=1S/C17H25NO/c1-12-5-2-3-7-15(12)17(13-9-10-13)18-11-14-6-4-8-16(14)19/h2-3,5,7,13-14,16-19H,4,6,8-11H2,1H3. The van der Waals surface area contributed by atoms with Gasteiger partial charge < -0.3 is 10.4 Å². The molecular weight excluding hydrogens is 234 g/mol. The summed E-state index contributed by atoms with van der Waals surface area (Å²) < 4.78 is 0. The van der Waals surface area contributed by atoms with Gasteiger partial charge in [0.2, 0.25) is 0 Å². The molecule has 2 saturated carbocycles. The quantitative estimate of drug-likeness (QED) is 0.851. The molecule has 0 aromatic heterocycles. The van der Waals surface area contributed by atoms with Gasteiger partial charge in [0, 0.05) is 12.6 Å². The number of aliphatic hydroxyl groups excluding tert-OH is 1. The molecule has 0 spiro atoms. The van der Waals surface area contributed by atoms with Gasteiger partial charge in [-0.25, -0.2) is 0 Å². The van der Waals surface area contributed by atoms with Gasteiger partial charge >= 0.3 is 0 Å². The van der Waals surface area contributed by atoms with Crippen molar-refractivity contribution >= 4 is 0 Å². The van der Waals surface area contributed by atoms with Gasteiger partial charge in [-0.1, -0.05) is 30.7 Å². The van der Waals surface area contributed by atoms with E-state index in [9.17, 15) is 5.11 Å². The van der Waals surface area contributed by atoms with Crippen LogP contribution in [0.15, 0.2) is 24.3 Å². The van der Waals surface area contributed by atoms with Crippen molar-refractivity contribution in [3.05, 3.63) is 35.4 Å². The highest BCUT2D eigenvalue weighted by Crippen LogP contribution is 2.42. The second kappa shape index (κ2) is 5.64. The van der Waals surface area contributed by atoms with Crippen LogP contribution in [0.1, 0.15) is 49.3 Å². The van der Waals surface area contributed by atoms with Gasteiger partial charge in [0.15, 0.2) is 0 Å². The lowest BCUT2D eigenvalue weighted by Gasteiger charge is -2.24. The van der Waals surface area contributed by atoms with Crippen LogP contribution in [0.2, 0.25) is 0 Å². The van der Waals surface area contributed by atoms with E-state index < -0.39 is 0 Å². The van der Waals surface area contributed by atoms with Gasteiger partial charge in [-0.05, 0) is 55.6 Å². The van der Waals surface area contributed by atoms with E-state index in [4.69, 9.17) is 0 Å². The molecule has 0 heterocycles. The van der Waals surface area contributed by atoms with Crippen molar-refractivity contribution < 1.29 is 5.11 Å². The fraction of sp³-hybridized carbons (Fsp3) is 0.647. The first-order valence-corrected chi connectivity index (χ1v) is 7.72. The first-order chi connectivity index (χ1) is 9.25. The molecule has 3 unspecified atom stereocenters. The molecule has 3 atom stereocenters. The number of nitrogens with one attached hydrogen (secondary N) is 1. The second-order valence-corrected chi connectivity index (χ2v) is 6.34. The summed E-state index contributed by atoms with van der Waals surface area (Å²) in [6.45, 7) is 3.17. The zero-order valence-corrected chi connectivity index (χ0v) is 11.8. The monoisotopic (exact) mass is 259 g/mol. The van der Waals surface area contributed by atoms with E-state index in [0.29, 0.717) is 12.0 Å². The van der Waals surface area contributed by atoms with E-state index in [2.05, 4.69) is 36.5 Å². The smallest absolute Gasteiger partial charge is 0.0580 e. The van der Waals surface area contributed by atoms with Gasteiger partial charge in [0.05, 0.1) is 6.10 Å². The molecule has 3 rings (SSSR count). The van der Waals surface area contributed by atoms with Gasteiger partial charge in [0.25, 0.3) is 0 Å². The van der Waals surface area contributed by atoms with Crippen LogP contribution in [-0.2, 0) is 0 Å². The number of aliphatic hydroxyl groups is 1. The third-order valence-electron chi connectivity index (χ3n) is 4.84. The minimum atomic E-state index is -0.0794. The Hall–Kier alpha value is -0.860. The van der Waals surface area contributed by atoms with Crippen molar-refractivity contribution in [1.29, 1.82) is 0 Å². The summed E-state index contributed by atoms with van der Waals surface area (Å²) in [4.78, 5) is 0. The fourth-order valence-electron chi connectivity index (χ4n) is 3.43. The maximum Gasteiger partial charge on any atom is 0.0580 e. The van der Waals surface area contributed by atoms with E-state index in [1.165, 1.54) is 36.8 Å². The summed E-state index contributed by atoms with van der Waals surface area (Å²) in [5.41, 5.74) is 2.84. The summed E-state index contributed by atoms with van der Waals surface area (Å²) in [5, 5.41) is 13.7. The maximum atomic E-state index is 9.94. The Balaban J connectivity index is 1.66. The highest BCUT2D eigenvalue weighted by molar-refractivity contribution is 5.30. The van der Waals surface area contributed by atoms with Crippen LogP contribution < -0.4 is 5.32 Å². The molecule has 19 heavy (non-hydrogen) atoms. The van der Waals surface area contributed by atoms with Crippen molar-refractivity contribution in [3.8, 4) is 0 Å². The Morgan fingerprint density at radius 2 is 2.00 bits per heavy atom. The number of hydrogen-bond acceptors (Lipinski definition) is 2. The number of hydrogen-bond donors (Lipinski definition) is 2. The lowest BCUT2D eigenvalue weighted by atomic mass is 9.96. The van der Waals surface area contributed by atoms with Crippen LogP contribution in [0, 0.1) is 18.8 Å². The average molecular weight is 259 g/mol. The zero-order chi connectivity index (χ0) is 13.2. The van der Waals surface area contributed by atoms with Crippen LogP contribution >= 0.6 is 0 Å². The largest absolute Gasteiger partial charge is 0.393 e. The van der Waals surface area contributed by atoms with Crippen LogP contribution in [0.5, 0.6) is 0 Å². The molecule has 2 aliphatic carbocycles. The van der Waals surface area contributed by atoms with Crippen molar-refractivity contribution in [2.24, 2.45) is 11.8 Å². The van der Waals surface area contributed by atoms with Gasteiger partial charge in [-0.2, -0.15) is 0 Å². The van der Waals surface area contributed by atoms with E-state index in [1.807, 2.05) is 0 Å². The van der Waals surface area contributed by atoms with Crippen LogP contribution in [0.3, 0.4) is 0 Å². The van der Waals surface area contributed by atoms with Gasteiger partial charge in [-0.15, -0.1) is 0 Å². The Bertz CT molecular complexity index is 427. The number of benzene rings is 1. The molecule has 0 amide bonds. The summed E-state index contributed by atoms with van der Waals surface area (Å²) >= 11 is 0. The van der Waals surface area contributed by atoms with E-state index in [1.54, 1.807) is 0 Å². The molecule has 1 aromatic rings. The predicted octanol–water partition coefficient (Wildman–Crippen LogP) is 3.20. The molecule has 1 aromatic carbocycles. The van der Waals surface area contributed by atoms with Crippen molar-refractivity contribution in [2.45, 2.75) is 51.2 Å². The van der Waals surface area contributed by atoms with Crippen LogP contribution in [-0.4, -0.2) is 17.8 Å². The van der Waals surface area contributed by atoms with E-state index >= 15 is 0 Å². The third-order valence-corrected chi connectivity index (χ3v) is 4.84. The molecular formula is C17H25NO. The molecule has 2 heteroatoms. The maximum absolute atomic E-state index is 9.94. The van der Waals surface area contributed by atoms with Crippen molar-refractivity contribution in [3.63, 3.8) is 0 Å². The Kier molecular flexibility index (Phi) is 3.90. The van der Waals surface area contributed by atoms with Crippen molar-refractivity contribution in [2.75, 3.05) is 6.54 Å². The van der Waals surface area contributed by atoms with Gasteiger partial charge in [0.1, 0.15) is 0 Å².